The molecule has 1 fully saturated rings. The maximum atomic E-state index is 12.6. The van der Waals surface area contributed by atoms with Crippen LogP contribution in [0.15, 0.2) is 75.0 Å². The first-order valence-corrected chi connectivity index (χ1v) is 9.20. The number of Topliss-reactive ketones (excluding diaryl/α,β-unsaturated/α-hetero) is 1. The van der Waals surface area contributed by atoms with Crippen LogP contribution in [0, 0.1) is 0 Å². The third-order valence-corrected chi connectivity index (χ3v) is 5.17. The minimum Gasteiger partial charge on any atom is -0.463 e. The van der Waals surface area contributed by atoms with Gasteiger partial charge < -0.3 is 4.42 Å². The molecule has 1 saturated heterocycles. The molecule has 0 saturated carbocycles. The lowest BCUT2D eigenvalue weighted by molar-refractivity contribution is -0.122. The number of imide groups is 1. The molecule has 1 aliphatic heterocycles. The maximum Gasteiger partial charge on any atom is 0.293 e. The van der Waals surface area contributed by atoms with Gasteiger partial charge >= 0.3 is 0 Å². The molecular weight excluding hydrogens is 378 g/mol. The molecule has 28 heavy (non-hydrogen) atoms. The second kappa shape index (κ2) is 7.28. The summed E-state index contributed by atoms with van der Waals surface area (Å²) in [5, 5.41) is -0.166. The standard InChI is InChI=1S/C21H13NO5S/c23-16(13-6-2-1-3-7-13)11-22-20(25)18(28-21(22)26)10-14-12-27-17-9-5-4-8-15(17)19(14)24/h1-10,12H,11H2/b18-10+. The average molecular weight is 391 g/mol. The van der Waals surface area contributed by atoms with Crippen molar-refractivity contribution in [2.75, 3.05) is 6.54 Å². The van der Waals surface area contributed by atoms with Crippen molar-refractivity contribution in [2.24, 2.45) is 0 Å². The summed E-state index contributed by atoms with van der Waals surface area (Å²) in [6.45, 7) is -0.349. The molecule has 1 aromatic heterocycles. The van der Waals surface area contributed by atoms with Crippen LogP contribution in [-0.4, -0.2) is 28.4 Å². The fraction of sp³-hybridized carbons (Fsp3) is 0.0476. The maximum absolute atomic E-state index is 12.6. The molecule has 0 spiro atoms. The monoisotopic (exact) mass is 391 g/mol. The Labute approximate surface area is 163 Å². The van der Waals surface area contributed by atoms with Crippen molar-refractivity contribution in [3.63, 3.8) is 0 Å². The van der Waals surface area contributed by atoms with Gasteiger partial charge in [-0.3, -0.25) is 24.1 Å². The Bertz CT molecular complexity index is 1200. The van der Waals surface area contributed by atoms with E-state index in [1.165, 1.54) is 12.3 Å². The molecule has 0 N–H and O–H groups in total. The number of hydrogen-bond donors (Lipinski definition) is 0. The van der Waals surface area contributed by atoms with Crippen molar-refractivity contribution < 1.29 is 18.8 Å². The van der Waals surface area contributed by atoms with Gasteiger partial charge in [-0.15, -0.1) is 0 Å². The highest BCUT2D eigenvalue weighted by molar-refractivity contribution is 8.18. The Balaban J connectivity index is 1.61. The van der Waals surface area contributed by atoms with Gasteiger partial charge in [0.25, 0.3) is 11.1 Å². The number of nitrogens with zero attached hydrogens (tertiary/aromatic N) is 1. The summed E-state index contributed by atoms with van der Waals surface area (Å²) in [6, 6.07) is 15.2. The van der Waals surface area contributed by atoms with Gasteiger partial charge in [0.2, 0.25) is 0 Å². The number of carbonyl (C=O) groups is 3. The van der Waals surface area contributed by atoms with Crippen LogP contribution in [0.4, 0.5) is 4.79 Å². The summed E-state index contributed by atoms with van der Waals surface area (Å²) >= 11 is 0.694. The van der Waals surface area contributed by atoms with E-state index in [0.29, 0.717) is 28.3 Å². The molecule has 138 valence electrons. The number of rotatable bonds is 4. The summed E-state index contributed by atoms with van der Waals surface area (Å²) in [6.07, 6.45) is 2.59. The number of carbonyl (C=O) groups excluding carboxylic acids is 3. The van der Waals surface area contributed by atoms with Crippen molar-refractivity contribution in [3.05, 3.63) is 87.1 Å². The van der Waals surface area contributed by atoms with E-state index in [1.54, 1.807) is 54.6 Å². The van der Waals surface area contributed by atoms with E-state index >= 15 is 0 Å². The van der Waals surface area contributed by atoms with E-state index in [2.05, 4.69) is 0 Å². The lowest BCUT2D eigenvalue weighted by Gasteiger charge is -2.11. The van der Waals surface area contributed by atoms with Crippen molar-refractivity contribution in [1.82, 2.24) is 4.90 Å². The molecule has 7 heteroatoms. The van der Waals surface area contributed by atoms with E-state index in [9.17, 15) is 19.2 Å². The molecule has 3 aromatic rings. The smallest absolute Gasteiger partial charge is 0.293 e. The van der Waals surface area contributed by atoms with Crippen molar-refractivity contribution in [1.29, 1.82) is 0 Å². The largest absolute Gasteiger partial charge is 0.463 e. The summed E-state index contributed by atoms with van der Waals surface area (Å²) in [7, 11) is 0. The van der Waals surface area contributed by atoms with Gasteiger partial charge in [0, 0.05) is 5.56 Å². The third-order valence-electron chi connectivity index (χ3n) is 4.26. The van der Waals surface area contributed by atoms with Gasteiger partial charge in [-0.2, -0.15) is 0 Å². The van der Waals surface area contributed by atoms with Crippen LogP contribution in [0.1, 0.15) is 15.9 Å². The zero-order chi connectivity index (χ0) is 19.7. The van der Waals surface area contributed by atoms with Crippen LogP contribution >= 0.6 is 11.8 Å². The molecule has 6 nitrogen and oxygen atoms in total. The SMILES string of the molecule is O=C(CN1C(=O)S/C(=C/c2coc3ccccc3c2=O)C1=O)c1ccccc1. The van der Waals surface area contributed by atoms with Crippen molar-refractivity contribution in [2.45, 2.75) is 0 Å². The first-order chi connectivity index (χ1) is 13.5. The van der Waals surface area contributed by atoms with E-state index < -0.39 is 11.1 Å². The van der Waals surface area contributed by atoms with Crippen molar-refractivity contribution in [3.8, 4) is 0 Å². The summed E-state index contributed by atoms with van der Waals surface area (Å²) in [5.74, 6) is -0.943. The molecule has 0 radical (unpaired) electrons. The molecule has 4 rings (SSSR count). The Morgan fingerprint density at radius 1 is 1.00 bits per heavy atom. The molecular formula is C21H13NO5S. The molecule has 2 aromatic carbocycles. The highest BCUT2D eigenvalue weighted by Crippen LogP contribution is 2.32. The minimum absolute atomic E-state index is 0.0773. The second-order valence-electron chi connectivity index (χ2n) is 6.07. The lowest BCUT2D eigenvalue weighted by atomic mass is 10.1. The molecule has 2 amide bonds. The molecule has 1 aliphatic rings. The lowest BCUT2D eigenvalue weighted by Crippen LogP contribution is -2.33. The molecule has 0 aliphatic carbocycles. The average Bonchev–Trinajstić information content (AvgIpc) is 2.98. The van der Waals surface area contributed by atoms with Gasteiger partial charge in [0.05, 0.1) is 22.4 Å². The quantitative estimate of drug-likeness (QED) is 0.498. The molecule has 0 atom stereocenters. The van der Waals surface area contributed by atoms with Gasteiger partial charge in [-0.1, -0.05) is 42.5 Å². The Morgan fingerprint density at radius 3 is 2.50 bits per heavy atom. The zero-order valence-electron chi connectivity index (χ0n) is 14.5. The van der Waals surface area contributed by atoms with Gasteiger partial charge in [0.15, 0.2) is 11.2 Å². The molecule has 0 bridgehead atoms. The molecule has 2 heterocycles. The second-order valence-corrected chi connectivity index (χ2v) is 7.07. The normalized spacial score (nSPS) is 15.6. The highest BCUT2D eigenvalue weighted by Gasteiger charge is 2.36. The first-order valence-electron chi connectivity index (χ1n) is 8.39. The fourth-order valence-electron chi connectivity index (χ4n) is 2.83. The number of para-hydroxylation sites is 1. The van der Waals surface area contributed by atoms with E-state index in [4.69, 9.17) is 4.42 Å². The van der Waals surface area contributed by atoms with Crippen molar-refractivity contribution >= 4 is 45.7 Å². The summed E-state index contributed by atoms with van der Waals surface area (Å²) < 4.78 is 5.43. The highest BCUT2D eigenvalue weighted by atomic mass is 32.2. The molecule has 0 unspecified atom stereocenters. The van der Waals surface area contributed by atoms with E-state index in [-0.39, 0.29) is 28.2 Å². The van der Waals surface area contributed by atoms with Crippen LogP contribution in [0.3, 0.4) is 0 Å². The first kappa shape index (κ1) is 17.9. The number of thioether (sulfide) groups is 1. The Morgan fingerprint density at radius 2 is 1.71 bits per heavy atom. The summed E-state index contributed by atoms with van der Waals surface area (Å²) in [5.41, 5.74) is 0.722. The topological polar surface area (TPSA) is 84.7 Å². The number of benzene rings is 2. The number of hydrogen-bond acceptors (Lipinski definition) is 6. The zero-order valence-corrected chi connectivity index (χ0v) is 15.3. The van der Waals surface area contributed by atoms with Crippen LogP contribution in [0.25, 0.3) is 17.0 Å². The predicted octanol–water partition coefficient (Wildman–Crippen LogP) is 3.71. The third kappa shape index (κ3) is 3.27. The van der Waals surface area contributed by atoms with Gasteiger partial charge in [-0.25, -0.2) is 0 Å². The number of amides is 2. The summed E-state index contributed by atoms with van der Waals surface area (Å²) in [4.78, 5) is 50.7. The van der Waals surface area contributed by atoms with Crippen LogP contribution in [-0.2, 0) is 4.79 Å². The minimum atomic E-state index is -0.605. The van der Waals surface area contributed by atoms with E-state index in [0.717, 1.165) is 4.90 Å². The Kier molecular flexibility index (Phi) is 4.67. The number of ketones is 1. The van der Waals surface area contributed by atoms with Crippen LogP contribution in [0.2, 0.25) is 0 Å². The predicted molar refractivity (Wildman–Crippen MR) is 106 cm³/mol. The van der Waals surface area contributed by atoms with Crippen LogP contribution in [0.5, 0.6) is 0 Å². The van der Waals surface area contributed by atoms with Crippen LogP contribution < -0.4 is 5.43 Å². The Hall–Kier alpha value is -3.45. The van der Waals surface area contributed by atoms with Gasteiger partial charge in [-0.05, 0) is 30.0 Å². The fourth-order valence-corrected chi connectivity index (χ4v) is 3.66. The number of fused-ring (bicyclic) bond motifs is 1. The van der Waals surface area contributed by atoms with E-state index in [1.807, 2.05) is 0 Å². The van der Waals surface area contributed by atoms with Gasteiger partial charge in [0.1, 0.15) is 11.8 Å².